The molecule has 1 N–H and O–H groups in total. The Morgan fingerprint density at radius 3 is 2.25 bits per heavy atom. The van der Waals surface area contributed by atoms with Gasteiger partial charge in [0.05, 0.1) is 0 Å². The molecular weight excluding hydrogens is 98.1 g/mol. The topological polar surface area (TPSA) is 12.0 Å². The van der Waals surface area contributed by atoms with Gasteiger partial charge in [-0.2, -0.15) is 0 Å². The highest BCUT2D eigenvalue weighted by atomic mass is 15.1. The van der Waals surface area contributed by atoms with Crippen molar-refractivity contribution in [2.24, 2.45) is 11.8 Å². The molecule has 3 aliphatic rings. The molecule has 1 heteroatoms. The molecule has 0 aromatic carbocycles. The third kappa shape index (κ3) is 0.408. The first-order valence-electron chi connectivity index (χ1n) is 3.71. The lowest BCUT2D eigenvalue weighted by Crippen LogP contribution is -2.24. The smallest absolute Gasteiger partial charge is 0.0133 e. The Morgan fingerprint density at radius 1 is 1.12 bits per heavy atom. The van der Waals surface area contributed by atoms with E-state index in [1.54, 1.807) is 6.42 Å². The van der Waals surface area contributed by atoms with E-state index in [4.69, 9.17) is 0 Å². The summed E-state index contributed by atoms with van der Waals surface area (Å²) < 4.78 is 0. The molecule has 3 rings (SSSR count). The van der Waals surface area contributed by atoms with Crippen LogP contribution in [-0.2, 0) is 0 Å². The molecule has 0 amide bonds. The molecule has 0 aromatic rings. The van der Waals surface area contributed by atoms with Gasteiger partial charge in [-0.15, -0.1) is 0 Å². The molecule has 0 radical (unpaired) electrons. The molecule has 0 spiro atoms. The third-order valence-corrected chi connectivity index (χ3v) is 2.68. The average molecular weight is 109 g/mol. The van der Waals surface area contributed by atoms with Gasteiger partial charge in [0.15, 0.2) is 0 Å². The maximum absolute atomic E-state index is 3.63. The maximum Gasteiger partial charge on any atom is 0.0133 e. The van der Waals surface area contributed by atoms with Crippen molar-refractivity contribution in [1.29, 1.82) is 0 Å². The number of fused-ring (bicyclic) bond motifs is 1. The Bertz CT molecular complexity index is 120. The van der Waals surface area contributed by atoms with Gasteiger partial charge in [-0.1, -0.05) is 0 Å². The Hall–Kier alpha value is -0.0400. The molecule has 1 nitrogen and oxygen atoms in total. The first-order valence-corrected chi connectivity index (χ1v) is 3.71. The Labute approximate surface area is 49.5 Å². The fourth-order valence-electron chi connectivity index (χ4n) is 1.55. The molecule has 0 aliphatic heterocycles. The molecule has 0 saturated heterocycles. The van der Waals surface area contributed by atoms with Crippen molar-refractivity contribution in [3.05, 3.63) is 0 Å². The minimum Gasteiger partial charge on any atom is -0.311 e. The van der Waals surface area contributed by atoms with Crippen LogP contribution >= 0.6 is 0 Å². The molecule has 8 heavy (non-hydrogen) atoms. The van der Waals surface area contributed by atoms with Gasteiger partial charge in [-0.3, -0.25) is 0 Å². The second kappa shape index (κ2) is 0.971. The van der Waals surface area contributed by atoms with Gasteiger partial charge < -0.3 is 5.32 Å². The Balaban J connectivity index is 1.56. The number of hydrogen-bond acceptors (Lipinski definition) is 1. The van der Waals surface area contributed by atoms with Crippen molar-refractivity contribution in [2.75, 3.05) is 0 Å². The predicted molar refractivity (Wildman–Crippen MR) is 31.5 cm³/mol. The molecule has 3 aliphatic carbocycles. The summed E-state index contributed by atoms with van der Waals surface area (Å²) in [5, 5.41) is 3.63. The van der Waals surface area contributed by atoms with Crippen molar-refractivity contribution in [1.82, 2.24) is 5.32 Å². The zero-order chi connectivity index (χ0) is 5.14. The normalized spacial score (nSPS) is 57.8. The average Bonchev–Trinajstić information content (AvgIpc) is 2.53. The minimum atomic E-state index is 0.952. The summed E-state index contributed by atoms with van der Waals surface area (Å²) in [7, 11) is 0. The van der Waals surface area contributed by atoms with Crippen molar-refractivity contribution in [3.63, 3.8) is 0 Å². The fraction of sp³-hybridized carbons (Fsp3) is 1.00. The predicted octanol–water partition coefficient (Wildman–Crippen LogP) is 0.757. The highest BCUT2D eigenvalue weighted by Crippen LogP contribution is 2.62. The molecule has 2 unspecified atom stereocenters. The summed E-state index contributed by atoms with van der Waals surface area (Å²) in [5.41, 5.74) is 0. The van der Waals surface area contributed by atoms with Crippen LogP contribution in [-0.4, -0.2) is 12.1 Å². The Morgan fingerprint density at radius 2 is 1.88 bits per heavy atom. The largest absolute Gasteiger partial charge is 0.311 e. The van der Waals surface area contributed by atoms with Crippen LogP contribution in [0.25, 0.3) is 0 Å². The zero-order valence-corrected chi connectivity index (χ0v) is 4.93. The number of rotatable bonds is 2. The Kier molecular flexibility index (Phi) is 0.472. The quantitative estimate of drug-likeness (QED) is 0.552. The van der Waals surface area contributed by atoms with E-state index in [2.05, 4.69) is 5.32 Å². The molecule has 3 fully saturated rings. The van der Waals surface area contributed by atoms with E-state index in [1.165, 1.54) is 12.8 Å². The van der Waals surface area contributed by atoms with E-state index in [-0.39, 0.29) is 0 Å². The van der Waals surface area contributed by atoms with Gasteiger partial charge in [-0.05, 0) is 31.1 Å². The van der Waals surface area contributed by atoms with Crippen LogP contribution in [0.5, 0.6) is 0 Å². The first-order chi connectivity index (χ1) is 3.95. The van der Waals surface area contributed by atoms with Crippen LogP contribution in [0.15, 0.2) is 0 Å². The van der Waals surface area contributed by atoms with E-state index in [0.717, 1.165) is 23.9 Å². The lowest BCUT2D eigenvalue weighted by molar-refractivity contribution is 0.568. The van der Waals surface area contributed by atoms with Crippen LogP contribution in [0.3, 0.4) is 0 Å². The summed E-state index contributed by atoms with van der Waals surface area (Å²) >= 11 is 0. The summed E-state index contributed by atoms with van der Waals surface area (Å²) in [4.78, 5) is 0. The van der Waals surface area contributed by atoms with E-state index in [9.17, 15) is 0 Å². The van der Waals surface area contributed by atoms with Crippen LogP contribution in [0.4, 0.5) is 0 Å². The van der Waals surface area contributed by atoms with Gasteiger partial charge >= 0.3 is 0 Å². The monoisotopic (exact) mass is 109 g/mol. The van der Waals surface area contributed by atoms with Gasteiger partial charge in [0.1, 0.15) is 0 Å². The lowest BCUT2D eigenvalue weighted by atomic mass is 10.3. The van der Waals surface area contributed by atoms with E-state index in [0.29, 0.717) is 0 Å². The van der Waals surface area contributed by atoms with Crippen LogP contribution in [0.1, 0.15) is 19.3 Å². The van der Waals surface area contributed by atoms with Crippen LogP contribution in [0, 0.1) is 11.8 Å². The van der Waals surface area contributed by atoms with Crippen molar-refractivity contribution in [2.45, 2.75) is 31.3 Å². The fourth-order valence-corrected chi connectivity index (χ4v) is 1.55. The molecule has 44 valence electrons. The van der Waals surface area contributed by atoms with E-state index >= 15 is 0 Å². The second-order valence-electron chi connectivity index (χ2n) is 3.53. The van der Waals surface area contributed by atoms with E-state index in [1.807, 2.05) is 0 Å². The van der Waals surface area contributed by atoms with Gasteiger partial charge in [0.2, 0.25) is 0 Å². The highest BCUT2D eigenvalue weighted by Gasteiger charge is 2.64. The lowest BCUT2D eigenvalue weighted by Gasteiger charge is -2.02. The number of hydrogen-bond donors (Lipinski definition) is 1. The third-order valence-electron chi connectivity index (χ3n) is 2.68. The zero-order valence-electron chi connectivity index (χ0n) is 4.93. The van der Waals surface area contributed by atoms with Crippen LogP contribution in [0.2, 0.25) is 0 Å². The SMILES string of the molecule is C1CC1NC1C2CC21. The molecule has 0 aromatic heterocycles. The molecule has 0 bridgehead atoms. The maximum atomic E-state index is 3.63. The standard InChI is InChI=1S/C7H11N/c1-2-4(1)8-7-5-3-6(5)7/h4-8H,1-3H2. The van der Waals surface area contributed by atoms with Crippen LogP contribution < -0.4 is 5.32 Å². The summed E-state index contributed by atoms with van der Waals surface area (Å²) in [6.45, 7) is 0. The van der Waals surface area contributed by atoms with E-state index < -0.39 is 0 Å². The van der Waals surface area contributed by atoms with Gasteiger partial charge in [-0.25, -0.2) is 0 Å². The summed E-state index contributed by atoms with van der Waals surface area (Å²) in [5.74, 6) is 2.30. The molecule has 0 heterocycles. The highest BCUT2D eigenvalue weighted by molar-refractivity contribution is 5.18. The molecule has 3 saturated carbocycles. The van der Waals surface area contributed by atoms with Crippen molar-refractivity contribution < 1.29 is 0 Å². The summed E-state index contributed by atoms with van der Waals surface area (Å²) in [6, 6.07) is 1.95. The minimum absolute atomic E-state index is 0.952. The molecule has 2 atom stereocenters. The van der Waals surface area contributed by atoms with Gasteiger partial charge in [0.25, 0.3) is 0 Å². The second-order valence-corrected chi connectivity index (χ2v) is 3.53. The van der Waals surface area contributed by atoms with Crippen molar-refractivity contribution in [3.8, 4) is 0 Å². The van der Waals surface area contributed by atoms with Crippen molar-refractivity contribution >= 4 is 0 Å². The van der Waals surface area contributed by atoms with Gasteiger partial charge in [0, 0.05) is 12.1 Å². The molecular formula is C7H11N. The summed E-state index contributed by atoms with van der Waals surface area (Å²) in [6.07, 6.45) is 4.45. The first kappa shape index (κ1) is 3.89. The number of nitrogens with one attached hydrogen (secondary N) is 1.